The first-order valence-corrected chi connectivity index (χ1v) is 9.04. The minimum atomic E-state index is -4.82. The van der Waals surface area contributed by atoms with E-state index in [1.807, 2.05) is 18.2 Å². The zero-order valence-corrected chi connectivity index (χ0v) is 16.7. The van der Waals surface area contributed by atoms with Crippen LogP contribution in [0.3, 0.4) is 0 Å². The number of hydrogen-bond donors (Lipinski definition) is 0. The van der Waals surface area contributed by atoms with Crippen LogP contribution in [0, 0.1) is 0 Å². The molecule has 0 bridgehead atoms. The summed E-state index contributed by atoms with van der Waals surface area (Å²) in [5.41, 5.74) is -1.33. The van der Waals surface area contributed by atoms with E-state index in [1.165, 1.54) is 6.08 Å². The van der Waals surface area contributed by atoms with E-state index in [4.69, 9.17) is 42.1 Å². The predicted octanol–water partition coefficient (Wildman–Crippen LogP) is 5.05. The van der Waals surface area contributed by atoms with Crippen LogP contribution >= 0.6 is 23.2 Å². The fraction of sp³-hybridized carbons (Fsp3) is 0.333. The second-order valence-electron chi connectivity index (χ2n) is 5.36. The van der Waals surface area contributed by atoms with E-state index in [9.17, 15) is 13.2 Å². The van der Waals surface area contributed by atoms with Crippen molar-refractivity contribution in [1.29, 1.82) is 0 Å². The third-order valence-electron chi connectivity index (χ3n) is 3.27. The van der Waals surface area contributed by atoms with E-state index in [2.05, 4.69) is 9.97 Å². The summed E-state index contributed by atoms with van der Waals surface area (Å²) < 4.78 is 60.8. The molecule has 0 aliphatic rings. The molecule has 6 nitrogen and oxygen atoms in total. The number of nitrogens with zero attached hydrogens (tertiary/aromatic N) is 2. The largest absolute Gasteiger partial charge is 0.493 e. The van der Waals surface area contributed by atoms with Gasteiger partial charge in [0.15, 0.2) is 5.69 Å². The van der Waals surface area contributed by atoms with E-state index in [1.54, 1.807) is 12.1 Å². The molecule has 0 atom stereocenters. The summed E-state index contributed by atoms with van der Waals surface area (Å²) in [5.74, 6) is -0.430. The molecule has 2 aromatic rings. The van der Waals surface area contributed by atoms with Crippen molar-refractivity contribution in [3.8, 4) is 23.4 Å². The molecular formula is C18H17Cl2F3N2O4. The van der Waals surface area contributed by atoms with Gasteiger partial charge in [-0.1, -0.05) is 41.4 Å². The molecule has 2 rings (SSSR count). The van der Waals surface area contributed by atoms with Crippen LogP contribution in [-0.4, -0.2) is 36.9 Å². The number of benzene rings is 1. The molecule has 0 radical (unpaired) electrons. The fourth-order valence-corrected chi connectivity index (χ4v) is 2.17. The summed E-state index contributed by atoms with van der Waals surface area (Å²) in [6.07, 6.45) is -3.27. The summed E-state index contributed by atoms with van der Waals surface area (Å²) in [4.78, 5) is 7.14. The van der Waals surface area contributed by atoms with Crippen molar-refractivity contribution in [2.75, 3.05) is 26.9 Å². The van der Waals surface area contributed by atoms with Gasteiger partial charge in [-0.15, -0.1) is 0 Å². The lowest BCUT2D eigenvalue weighted by molar-refractivity contribution is -0.143. The Balaban J connectivity index is 2.11. The average Bonchev–Trinajstić information content (AvgIpc) is 2.68. The monoisotopic (exact) mass is 452 g/mol. The Morgan fingerprint density at radius 1 is 1.03 bits per heavy atom. The summed E-state index contributed by atoms with van der Waals surface area (Å²) in [6, 6.07) is 8.56. The van der Waals surface area contributed by atoms with Gasteiger partial charge < -0.3 is 18.9 Å². The average molecular weight is 453 g/mol. The van der Waals surface area contributed by atoms with E-state index in [0.717, 1.165) is 7.11 Å². The maximum Gasteiger partial charge on any atom is 0.437 e. The highest BCUT2D eigenvalue weighted by Crippen LogP contribution is 2.40. The van der Waals surface area contributed by atoms with Gasteiger partial charge in [0.05, 0.1) is 20.3 Å². The zero-order chi connectivity index (χ0) is 21.3. The number of rotatable bonds is 10. The third kappa shape index (κ3) is 7.51. The number of halogens is 5. The lowest BCUT2D eigenvalue weighted by Crippen LogP contribution is -2.16. The Morgan fingerprint density at radius 2 is 1.72 bits per heavy atom. The van der Waals surface area contributed by atoms with Crippen molar-refractivity contribution in [2.24, 2.45) is 0 Å². The van der Waals surface area contributed by atoms with Crippen molar-refractivity contribution in [3.63, 3.8) is 0 Å². The summed E-state index contributed by atoms with van der Waals surface area (Å²) in [5, 5.41) is 0. The third-order valence-corrected chi connectivity index (χ3v) is 3.58. The van der Waals surface area contributed by atoms with Crippen LogP contribution in [0.2, 0.25) is 0 Å². The first-order valence-electron chi connectivity index (χ1n) is 8.29. The van der Waals surface area contributed by atoms with Gasteiger partial charge in [-0.05, 0) is 18.2 Å². The van der Waals surface area contributed by atoms with Crippen molar-refractivity contribution >= 4 is 23.2 Å². The molecule has 1 aromatic carbocycles. The molecule has 0 saturated heterocycles. The first-order chi connectivity index (χ1) is 13.8. The first kappa shape index (κ1) is 22.9. The molecule has 0 saturated carbocycles. The molecule has 1 aromatic heterocycles. The Labute approximate surface area is 175 Å². The molecule has 11 heteroatoms. The summed E-state index contributed by atoms with van der Waals surface area (Å²) >= 11 is 10.9. The maximum atomic E-state index is 13.4. The SMILES string of the molecule is COc1nc(OCCCOc2ccccc2)c(OCC=C(Cl)Cl)c(C(F)(F)F)n1. The van der Waals surface area contributed by atoms with E-state index in [-0.39, 0.29) is 17.7 Å². The minimum Gasteiger partial charge on any atom is -0.493 e. The number of alkyl halides is 3. The van der Waals surface area contributed by atoms with Gasteiger partial charge in [-0.3, -0.25) is 0 Å². The van der Waals surface area contributed by atoms with Gasteiger partial charge in [0.25, 0.3) is 5.88 Å². The molecular weight excluding hydrogens is 436 g/mol. The van der Waals surface area contributed by atoms with E-state index >= 15 is 0 Å². The predicted molar refractivity (Wildman–Crippen MR) is 101 cm³/mol. The molecule has 29 heavy (non-hydrogen) atoms. The summed E-state index contributed by atoms with van der Waals surface area (Å²) in [6.45, 7) is -0.0273. The smallest absolute Gasteiger partial charge is 0.437 e. The van der Waals surface area contributed by atoms with Crippen LogP contribution in [0.15, 0.2) is 40.9 Å². The summed E-state index contributed by atoms with van der Waals surface area (Å²) in [7, 11) is 1.14. The van der Waals surface area contributed by atoms with E-state index in [0.29, 0.717) is 18.8 Å². The molecule has 0 N–H and O–H groups in total. The van der Waals surface area contributed by atoms with Crippen LogP contribution in [0.4, 0.5) is 13.2 Å². The second-order valence-corrected chi connectivity index (χ2v) is 6.37. The maximum absolute atomic E-state index is 13.4. The molecule has 0 spiro atoms. The van der Waals surface area contributed by atoms with Gasteiger partial charge in [-0.25, -0.2) is 0 Å². The van der Waals surface area contributed by atoms with Gasteiger partial charge in [0, 0.05) is 6.42 Å². The topological polar surface area (TPSA) is 62.7 Å². The number of para-hydroxylation sites is 1. The molecule has 0 fully saturated rings. The van der Waals surface area contributed by atoms with Crippen molar-refractivity contribution in [1.82, 2.24) is 9.97 Å². The number of methoxy groups -OCH3 is 1. The van der Waals surface area contributed by atoms with Crippen LogP contribution in [0.25, 0.3) is 0 Å². The highest BCUT2D eigenvalue weighted by molar-refractivity contribution is 6.55. The Morgan fingerprint density at radius 3 is 2.34 bits per heavy atom. The van der Waals surface area contributed by atoms with Gasteiger partial charge >= 0.3 is 12.2 Å². The molecule has 158 valence electrons. The Bertz CT molecular complexity index is 817. The molecule has 0 aliphatic heterocycles. The molecule has 1 heterocycles. The highest BCUT2D eigenvalue weighted by atomic mass is 35.5. The molecule has 0 unspecified atom stereocenters. The second kappa shape index (κ2) is 11.0. The van der Waals surface area contributed by atoms with Crippen molar-refractivity contribution in [3.05, 3.63) is 46.6 Å². The van der Waals surface area contributed by atoms with Crippen LogP contribution in [0.5, 0.6) is 23.4 Å². The standard InChI is InChI=1S/C18H17Cl2F3N2O4/c1-26-17-24-15(18(21,22)23)14(28-11-8-13(19)20)16(25-17)29-10-5-9-27-12-6-3-2-4-7-12/h2-4,6-8H,5,9-11H2,1H3. The number of hydrogen-bond acceptors (Lipinski definition) is 6. The van der Waals surface area contributed by atoms with Gasteiger partial charge in [0.2, 0.25) is 5.75 Å². The molecule has 0 aliphatic carbocycles. The normalized spacial score (nSPS) is 11.0. The molecule has 0 amide bonds. The van der Waals surface area contributed by atoms with Crippen LogP contribution < -0.4 is 18.9 Å². The lowest BCUT2D eigenvalue weighted by Gasteiger charge is -2.16. The minimum absolute atomic E-state index is 0.0206. The lowest BCUT2D eigenvalue weighted by atomic mass is 10.3. The number of aromatic nitrogens is 2. The van der Waals surface area contributed by atoms with Gasteiger partial charge in [0.1, 0.15) is 16.8 Å². The quantitative estimate of drug-likeness (QED) is 0.470. The Kier molecular flexibility index (Phi) is 8.66. The van der Waals surface area contributed by atoms with Crippen molar-refractivity contribution < 1.29 is 32.1 Å². The zero-order valence-electron chi connectivity index (χ0n) is 15.2. The van der Waals surface area contributed by atoms with Crippen LogP contribution in [-0.2, 0) is 6.18 Å². The Hall–Kier alpha value is -2.39. The van der Waals surface area contributed by atoms with E-state index < -0.39 is 29.5 Å². The fourth-order valence-electron chi connectivity index (χ4n) is 2.04. The number of ether oxygens (including phenoxy) is 4. The van der Waals surface area contributed by atoms with Crippen molar-refractivity contribution in [2.45, 2.75) is 12.6 Å². The van der Waals surface area contributed by atoms with Crippen LogP contribution in [0.1, 0.15) is 12.1 Å². The highest BCUT2D eigenvalue weighted by Gasteiger charge is 2.40. The van der Waals surface area contributed by atoms with Gasteiger partial charge in [-0.2, -0.15) is 23.1 Å².